The van der Waals surface area contributed by atoms with E-state index in [-0.39, 0.29) is 18.1 Å². The minimum atomic E-state index is -0.255. The monoisotopic (exact) mass is 291 g/mol. The fraction of sp³-hybridized carbons (Fsp3) is 0.533. The Kier molecular flexibility index (Phi) is 5.83. The summed E-state index contributed by atoms with van der Waals surface area (Å²) in [6.07, 6.45) is 7.22. The van der Waals surface area contributed by atoms with Crippen LogP contribution in [0, 0.1) is 0 Å². The molecule has 0 radical (unpaired) electrons. The van der Waals surface area contributed by atoms with Gasteiger partial charge in [-0.1, -0.05) is 11.6 Å². The molecule has 1 aromatic rings. The Hall–Kier alpha value is -1.79. The van der Waals surface area contributed by atoms with E-state index in [0.717, 1.165) is 6.42 Å². The number of hydrogen-bond acceptors (Lipinski definition) is 5. The van der Waals surface area contributed by atoms with Crippen LogP contribution >= 0.6 is 0 Å². The minimum absolute atomic E-state index is 0.0463. The van der Waals surface area contributed by atoms with Crippen LogP contribution in [0.5, 0.6) is 0 Å². The van der Waals surface area contributed by atoms with Gasteiger partial charge in [0.15, 0.2) is 0 Å². The molecule has 21 heavy (non-hydrogen) atoms. The summed E-state index contributed by atoms with van der Waals surface area (Å²) in [7, 11) is 0. The molecule has 0 aliphatic carbocycles. The van der Waals surface area contributed by atoms with E-state index in [1.807, 2.05) is 19.9 Å². The SMILES string of the molecule is CC(C)=CCO[C@H]1CCOC[C@H]1NC(=O)c1cnccn1. The molecule has 0 spiro atoms. The number of allylic oxidation sites excluding steroid dienone is 1. The molecule has 114 valence electrons. The van der Waals surface area contributed by atoms with Crippen LogP contribution in [0.15, 0.2) is 30.2 Å². The van der Waals surface area contributed by atoms with Crippen molar-refractivity contribution in [3.8, 4) is 0 Å². The second kappa shape index (κ2) is 7.85. The van der Waals surface area contributed by atoms with Crippen molar-refractivity contribution in [3.05, 3.63) is 35.9 Å². The van der Waals surface area contributed by atoms with Crippen LogP contribution in [-0.4, -0.2) is 47.8 Å². The lowest BCUT2D eigenvalue weighted by Crippen LogP contribution is -2.50. The lowest BCUT2D eigenvalue weighted by Gasteiger charge is -2.31. The Morgan fingerprint density at radius 3 is 3.10 bits per heavy atom. The standard InChI is InChI=1S/C15H21N3O3/c1-11(2)3-8-21-14-4-7-20-10-13(14)18-15(19)12-9-16-5-6-17-12/h3,5-6,9,13-14H,4,7-8,10H2,1-2H3,(H,18,19)/t13-,14+/m1/s1. The average molecular weight is 291 g/mol. The lowest BCUT2D eigenvalue weighted by molar-refractivity contribution is -0.0457. The Bertz CT molecular complexity index is 486. The predicted molar refractivity (Wildman–Crippen MR) is 77.9 cm³/mol. The molecule has 0 unspecified atom stereocenters. The third-order valence-electron chi connectivity index (χ3n) is 3.21. The van der Waals surface area contributed by atoms with Gasteiger partial charge >= 0.3 is 0 Å². The Balaban J connectivity index is 1.92. The minimum Gasteiger partial charge on any atom is -0.379 e. The van der Waals surface area contributed by atoms with Gasteiger partial charge in [-0.15, -0.1) is 0 Å². The summed E-state index contributed by atoms with van der Waals surface area (Å²) < 4.78 is 11.3. The first kappa shape index (κ1) is 15.6. The first-order valence-corrected chi connectivity index (χ1v) is 7.06. The molecule has 2 atom stereocenters. The molecular weight excluding hydrogens is 270 g/mol. The number of carbonyl (C=O) groups excluding carboxylic acids is 1. The summed E-state index contributed by atoms with van der Waals surface area (Å²) in [5.41, 5.74) is 1.51. The van der Waals surface area contributed by atoms with Crippen LogP contribution in [0.3, 0.4) is 0 Å². The van der Waals surface area contributed by atoms with Crippen molar-refractivity contribution < 1.29 is 14.3 Å². The van der Waals surface area contributed by atoms with Gasteiger partial charge in [-0.2, -0.15) is 0 Å². The molecular formula is C15H21N3O3. The maximum absolute atomic E-state index is 12.1. The highest BCUT2D eigenvalue weighted by atomic mass is 16.5. The van der Waals surface area contributed by atoms with Gasteiger partial charge in [0.25, 0.3) is 5.91 Å². The highest BCUT2D eigenvalue weighted by molar-refractivity contribution is 5.92. The van der Waals surface area contributed by atoms with Gasteiger partial charge in [-0.05, 0) is 20.3 Å². The molecule has 0 bridgehead atoms. The van der Waals surface area contributed by atoms with E-state index >= 15 is 0 Å². The Morgan fingerprint density at radius 2 is 2.38 bits per heavy atom. The van der Waals surface area contributed by atoms with Crippen molar-refractivity contribution in [2.75, 3.05) is 19.8 Å². The molecule has 2 rings (SSSR count). The molecule has 1 saturated heterocycles. The number of ether oxygens (including phenoxy) is 2. The maximum atomic E-state index is 12.1. The van der Waals surface area contributed by atoms with Crippen LogP contribution in [-0.2, 0) is 9.47 Å². The average Bonchev–Trinajstić information content (AvgIpc) is 2.49. The molecule has 6 heteroatoms. The Labute approximate surface area is 124 Å². The van der Waals surface area contributed by atoms with Crippen molar-refractivity contribution in [3.63, 3.8) is 0 Å². The third kappa shape index (κ3) is 4.91. The van der Waals surface area contributed by atoms with Gasteiger partial charge in [-0.25, -0.2) is 4.98 Å². The fourth-order valence-corrected chi connectivity index (χ4v) is 2.05. The van der Waals surface area contributed by atoms with Gasteiger partial charge in [0.05, 0.1) is 31.6 Å². The molecule has 0 aromatic carbocycles. The summed E-state index contributed by atoms with van der Waals surface area (Å²) in [4.78, 5) is 20.0. The topological polar surface area (TPSA) is 73.3 Å². The zero-order chi connectivity index (χ0) is 15.1. The quantitative estimate of drug-likeness (QED) is 0.829. The van der Waals surface area contributed by atoms with Crippen molar-refractivity contribution >= 4 is 5.91 Å². The predicted octanol–water partition coefficient (Wildman–Crippen LogP) is 1.35. The van der Waals surface area contributed by atoms with Crippen LogP contribution < -0.4 is 5.32 Å². The van der Waals surface area contributed by atoms with Crippen LogP contribution in [0.25, 0.3) is 0 Å². The van der Waals surface area contributed by atoms with Crippen molar-refractivity contribution in [2.24, 2.45) is 0 Å². The molecule has 0 saturated carbocycles. The zero-order valence-corrected chi connectivity index (χ0v) is 12.4. The molecule has 1 fully saturated rings. The van der Waals surface area contributed by atoms with E-state index in [2.05, 4.69) is 15.3 Å². The lowest BCUT2D eigenvalue weighted by atomic mass is 10.1. The third-order valence-corrected chi connectivity index (χ3v) is 3.21. The smallest absolute Gasteiger partial charge is 0.271 e. The van der Waals surface area contributed by atoms with E-state index < -0.39 is 0 Å². The molecule has 6 nitrogen and oxygen atoms in total. The number of nitrogens with one attached hydrogen (secondary N) is 1. The molecule has 1 aliphatic heterocycles. The molecule has 2 heterocycles. The normalized spacial score (nSPS) is 21.6. The maximum Gasteiger partial charge on any atom is 0.271 e. The van der Waals surface area contributed by atoms with Crippen molar-refractivity contribution in [1.82, 2.24) is 15.3 Å². The van der Waals surface area contributed by atoms with Gasteiger partial charge in [-0.3, -0.25) is 9.78 Å². The van der Waals surface area contributed by atoms with Gasteiger partial charge in [0, 0.05) is 19.0 Å². The molecule has 1 aliphatic rings. The number of hydrogen-bond donors (Lipinski definition) is 1. The van der Waals surface area contributed by atoms with Gasteiger partial charge in [0.1, 0.15) is 5.69 Å². The number of nitrogens with zero attached hydrogens (tertiary/aromatic N) is 2. The van der Waals surface area contributed by atoms with E-state index in [1.165, 1.54) is 24.2 Å². The first-order chi connectivity index (χ1) is 10.2. The second-order valence-electron chi connectivity index (χ2n) is 5.19. The largest absolute Gasteiger partial charge is 0.379 e. The number of amides is 1. The first-order valence-electron chi connectivity index (χ1n) is 7.06. The second-order valence-corrected chi connectivity index (χ2v) is 5.19. The summed E-state index contributed by atoms with van der Waals surface area (Å²) in [5, 5.41) is 2.91. The fourth-order valence-electron chi connectivity index (χ4n) is 2.05. The number of carbonyl (C=O) groups is 1. The van der Waals surface area contributed by atoms with Crippen LogP contribution in [0.4, 0.5) is 0 Å². The molecule has 1 N–H and O–H groups in total. The number of aromatic nitrogens is 2. The summed E-state index contributed by atoms with van der Waals surface area (Å²) in [5.74, 6) is -0.255. The van der Waals surface area contributed by atoms with Crippen LogP contribution in [0.2, 0.25) is 0 Å². The summed E-state index contributed by atoms with van der Waals surface area (Å²) >= 11 is 0. The zero-order valence-electron chi connectivity index (χ0n) is 12.4. The van der Waals surface area contributed by atoms with Crippen molar-refractivity contribution in [1.29, 1.82) is 0 Å². The number of rotatable bonds is 5. The summed E-state index contributed by atoms with van der Waals surface area (Å²) in [6, 6.07) is -0.168. The van der Waals surface area contributed by atoms with Crippen molar-refractivity contribution in [2.45, 2.75) is 32.4 Å². The molecule has 1 aromatic heterocycles. The van der Waals surface area contributed by atoms with E-state index in [0.29, 0.717) is 25.5 Å². The molecule has 1 amide bonds. The van der Waals surface area contributed by atoms with Gasteiger partial charge < -0.3 is 14.8 Å². The van der Waals surface area contributed by atoms with E-state index in [9.17, 15) is 4.79 Å². The summed E-state index contributed by atoms with van der Waals surface area (Å²) in [6.45, 7) is 5.70. The van der Waals surface area contributed by atoms with E-state index in [1.54, 1.807) is 0 Å². The Morgan fingerprint density at radius 1 is 1.52 bits per heavy atom. The highest BCUT2D eigenvalue weighted by Crippen LogP contribution is 2.13. The van der Waals surface area contributed by atoms with E-state index in [4.69, 9.17) is 9.47 Å². The highest BCUT2D eigenvalue weighted by Gasteiger charge is 2.28. The van der Waals surface area contributed by atoms with Crippen LogP contribution in [0.1, 0.15) is 30.8 Å². The van der Waals surface area contributed by atoms with Gasteiger partial charge in [0.2, 0.25) is 0 Å².